The summed E-state index contributed by atoms with van der Waals surface area (Å²) in [6.07, 6.45) is 0. The van der Waals surface area contributed by atoms with E-state index in [0.29, 0.717) is 21.8 Å². The minimum absolute atomic E-state index is 0.00573. The first-order chi connectivity index (χ1) is 17.7. The molecule has 192 valence electrons. The van der Waals surface area contributed by atoms with Gasteiger partial charge in [-0.1, -0.05) is 35.3 Å². The number of nitrogens with zero attached hydrogens (tertiary/aromatic N) is 3. The summed E-state index contributed by atoms with van der Waals surface area (Å²) in [5.74, 6) is -1.78. The lowest BCUT2D eigenvalue weighted by molar-refractivity contribution is -0.132. The van der Waals surface area contributed by atoms with Crippen molar-refractivity contribution in [3.05, 3.63) is 93.5 Å². The fourth-order valence-electron chi connectivity index (χ4n) is 4.58. The average Bonchev–Trinajstić information content (AvgIpc) is 3.16. The number of aliphatic hydroxyl groups excluding tert-OH is 1. The second kappa shape index (κ2) is 10.9. The molecule has 1 saturated heterocycles. The quantitative estimate of drug-likeness (QED) is 0.211. The predicted molar refractivity (Wildman–Crippen MR) is 152 cm³/mol. The molecule has 1 fully saturated rings. The van der Waals surface area contributed by atoms with E-state index in [-0.39, 0.29) is 16.4 Å². The van der Waals surface area contributed by atoms with Crippen LogP contribution in [0.3, 0.4) is 0 Å². The lowest BCUT2D eigenvalue weighted by atomic mass is 9.95. The second-order valence-corrected chi connectivity index (χ2v) is 9.79. The zero-order valence-electron chi connectivity index (χ0n) is 21.2. The molecular weight excluding hydrogens is 509 g/mol. The highest BCUT2D eigenvalue weighted by atomic mass is 35.5. The topological polar surface area (TPSA) is 64.1 Å². The first-order valence-electron chi connectivity index (χ1n) is 12.1. The molecule has 0 bridgehead atoms. The SMILES string of the molecule is CCN(CC)c1ccc(N2C(=O)C(=O)/C(=C(\O)c3ccc(Cl)c(Cl)c3)C2c2ccc(N(C)C)cc2)cc1. The minimum atomic E-state index is -0.829. The zero-order chi connectivity index (χ0) is 26.9. The summed E-state index contributed by atoms with van der Waals surface area (Å²) in [5.41, 5.74) is 3.54. The fourth-order valence-corrected chi connectivity index (χ4v) is 4.88. The van der Waals surface area contributed by atoms with E-state index in [1.165, 1.54) is 11.0 Å². The van der Waals surface area contributed by atoms with Crippen molar-refractivity contribution < 1.29 is 14.7 Å². The molecule has 1 unspecified atom stereocenters. The largest absolute Gasteiger partial charge is 0.507 e. The van der Waals surface area contributed by atoms with Gasteiger partial charge in [-0.2, -0.15) is 0 Å². The van der Waals surface area contributed by atoms with E-state index in [1.54, 1.807) is 12.1 Å². The van der Waals surface area contributed by atoms with Gasteiger partial charge in [-0.05, 0) is 74.0 Å². The van der Waals surface area contributed by atoms with Gasteiger partial charge in [0.25, 0.3) is 11.7 Å². The number of aliphatic hydroxyl groups is 1. The number of rotatable bonds is 7. The van der Waals surface area contributed by atoms with Crippen molar-refractivity contribution in [2.45, 2.75) is 19.9 Å². The standard InChI is InChI=1S/C29H29Cl2N3O3/c1-5-33(6-2)21-12-14-22(15-13-21)34-26(18-7-10-20(11-8-18)32(3)4)25(28(36)29(34)37)27(35)19-9-16-23(30)24(31)17-19/h7-17,26,35H,5-6H2,1-4H3/b27-25-. The highest BCUT2D eigenvalue weighted by Gasteiger charge is 2.47. The number of ketones is 1. The number of carbonyl (C=O) groups excluding carboxylic acids is 2. The summed E-state index contributed by atoms with van der Waals surface area (Å²) in [5, 5.41) is 11.9. The van der Waals surface area contributed by atoms with Crippen molar-refractivity contribution in [2.75, 3.05) is 41.9 Å². The highest BCUT2D eigenvalue weighted by Crippen LogP contribution is 2.43. The van der Waals surface area contributed by atoms with Crippen LogP contribution < -0.4 is 14.7 Å². The molecule has 3 aromatic carbocycles. The van der Waals surface area contributed by atoms with Crippen LogP contribution in [0.4, 0.5) is 17.1 Å². The molecule has 0 saturated carbocycles. The van der Waals surface area contributed by atoms with E-state index < -0.39 is 17.7 Å². The Morgan fingerprint density at radius 3 is 2.00 bits per heavy atom. The van der Waals surface area contributed by atoms with Crippen LogP contribution in [0, 0.1) is 0 Å². The number of carbonyl (C=O) groups is 2. The van der Waals surface area contributed by atoms with Crippen molar-refractivity contribution in [2.24, 2.45) is 0 Å². The van der Waals surface area contributed by atoms with Crippen molar-refractivity contribution in [1.82, 2.24) is 0 Å². The van der Waals surface area contributed by atoms with E-state index >= 15 is 0 Å². The molecule has 1 N–H and O–H groups in total. The van der Waals surface area contributed by atoms with Gasteiger partial charge in [-0.3, -0.25) is 14.5 Å². The molecule has 3 aromatic rings. The van der Waals surface area contributed by atoms with Gasteiger partial charge >= 0.3 is 0 Å². The Balaban J connectivity index is 1.88. The fraction of sp³-hybridized carbons (Fsp3) is 0.241. The van der Waals surface area contributed by atoms with Crippen LogP contribution in [0.15, 0.2) is 72.3 Å². The molecule has 1 heterocycles. The van der Waals surface area contributed by atoms with Gasteiger partial charge in [0, 0.05) is 49.8 Å². The molecule has 4 rings (SSSR count). The summed E-state index contributed by atoms with van der Waals surface area (Å²) in [6.45, 7) is 5.86. The van der Waals surface area contributed by atoms with E-state index in [1.807, 2.05) is 67.5 Å². The first kappa shape index (κ1) is 26.6. The Hall–Kier alpha value is -3.48. The number of amides is 1. The maximum absolute atomic E-state index is 13.4. The normalized spacial score (nSPS) is 16.8. The molecule has 0 radical (unpaired) electrons. The molecule has 1 aliphatic rings. The number of halogens is 2. The molecule has 6 nitrogen and oxygen atoms in total. The predicted octanol–water partition coefficient (Wildman–Crippen LogP) is 6.53. The molecule has 1 atom stereocenters. The van der Waals surface area contributed by atoms with Gasteiger partial charge in [-0.25, -0.2) is 0 Å². The van der Waals surface area contributed by atoms with Gasteiger partial charge < -0.3 is 14.9 Å². The lowest BCUT2D eigenvalue weighted by Gasteiger charge is -2.27. The van der Waals surface area contributed by atoms with Crippen LogP contribution in [0.1, 0.15) is 31.0 Å². The van der Waals surface area contributed by atoms with Crippen molar-refractivity contribution in [1.29, 1.82) is 0 Å². The van der Waals surface area contributed by atoms with Crippen LogP contribution in [0.2, 0.25) is 10.0 Å². The molecule has 8 heteroatoms. The summed E-state index contributed by atoms with van der Waals surface area (Å²) < 4.78 is 0. The Labute approximate surface area is 227 Å². The van der Waals surface area contributed by atoms with Crippen LogP contribution >= 0.6 is 23.2 Å². The molecule has 1 aliphatic heterocycles. The Morgan fingerprint density at radius 2 is 1.46 bits per heavy atom. The van der Waals surface area contributed by atoms with E-state index in [0.717, 1.165) is 24.5 Å². The lowest BCUT2D eigenvalue weighted by Crippen LogP contribution is -2.29. The van der Waals surface area contributed by atoms with Crippen molar-refractivity contribution >= 4 is 57.7 Å². The molecular formula is C29H29Cl2N3O3. The third-order valence-electron chi connectivity index (χ3n) is 6.62. The van der Waals surface area contributed by atoms with E-state index in [2.05, 4.69) is 18.7 Å². The average molecular weight is 538 g/mol. The number of anilines is 3. The van der Waals surface area contributed by atoms with Gasteiger partial charge in [0.15, 0.2) is 0 Å². The van der Waals surface area contributed by atoms with E-state index in [9.17, 15) is 14.7 Å². The third-order valence-corrected chi connectivity index (χ3v) is 7.36. The highest BCUT2D eigenvalue weighted by molar-refractivity contribution is 6.51. The number of benzene rings is 3. The number of hydrogen-bond donors (Lipinski definition) is 1. The molecule has 1 amide bonds. The number of Topliss-reactive ketones (excluding diaryl/α,β-unsaturated/α-hetero) is 1. The van der Waals surface area contributed by atoms with Crippen LogP contribution in [-0.4, -0.2) is 44.0 Å². The minimum Gasteiger partial charge on any atom is -0.507 e. The Kier molecular flexibility index (Phi) is 7.81. The maximum atomic E-state index is 13.4. The molecule has 0 aromatic heterocycles. The van der Waals surface area contributed by atoms with E-state index in [4.69, 9.17) is 23.2 Å². The third kappa shape index (κ3) is 5.04. The first-order valence-corrected chi connectivity index (χ1v) is 12.8. The maximum Gasteiger partial charge on any atom is 0.300 e. The van der Waals surface area contributed by atoms with Gasteiger partial charge in [-0.15, -0.1) is 0 Å². The monoisotopic (exact) mass is 537 g/mol. The van der Waals surface area contributed by atoms with Gasteiger partial charge in [0.1, 0.15) is 5.76 Å². The van der Waals surface area contributed by atoms with Crippen molar-refractivity contribution in [3.63, 3.8) is 0 Å². The summed E-state index contributed by atoms with van der Waals surface area (Å²) >= 11 is 12.2. The van der Waals surface area contributed by atoms with Gasteiger partial charge in [0.2, 0.25) is 0 Å². The molecule has 0 aliphatic carbocycles. The second-order valence-electron chi connectivity index (χ2n) is 8.97. The summed E-state index contributed by atoms with van der Waals surface area (Å²) in [7, 11) is 3.87. The smallest absolute Gasteiger partial charge is 0.300 e. The van der Waals surface area contributed by atoms with Crippen LogP contribution in [-0.2, 0) is 9.59 Å². The summed E-state index contributed by atoms with van der Waals surface area (Å²) in [4.78, 5) is 32.4. The summed E-state index contributed by atoms with van der Waals surface area (Å²) in [6, 6.07) is 18.9. The zero-order valence-corrected chi connectivity index (χ0v) is 22.7. The van der Waals surface area contributed by atoms with Crippen molar-refractivity contribution in [3.8, 4) is 0 Å². The Bertz CT molecular complexity index is 1350. The molecule has 37 heavy (non-hydrogen) atoms. The molecule has 0 spiro atoms. The van der Waals surface area contributed by atoms with Crippen LogP contribution in [0.5, 0.6) is 0 Å². The Morgan fingerprint density at radius 1 is 0.865 bits per heavy atom. The number of hydrogen-bond acceptors (Lipinski definition) is 5. The van der Waals surface area contributed by atoms with Crippen LogP contribution in [0.25, 0.3) is 5.76 Å². The van der Waals surface area contributed by atoms with Gasteiger partial charge in [0.05, 0.1) is 21.7 Å².